The second kappa shape index (κ2) is 4.70. The molecule has 0 saturated heterocycles. The van der Waals surface area contributed by atoms with Crippen LogP contribution in [-0.4, -0.2) is 19.7 Å². The van der Waals surface area contributed by atoms with Gasteiger partial charge in [0.15, 0.2) is 0 Å². The van der Waals surface area contributed by atoms with Gasteiger partial charge in [-0.15, -0.1) is 0 Å². The molecular formula is C10H14O3. The molecule has 0 saturated carbocycles. The molecule has 0 amide bonds. The van der Waals surface area contributed by atoms with E-state index in [2.05, 4.69) is 0 Å². The molecule has 72 valence electrons. The lowest BCUT2D eigenvalue weighted by molar-refractivity contribution is -0.140. The van der Waals surface area contributed by atoms with E-state index in [-0.39, 0.29) is 5.97 Å². The van der Waals surface area contributed by atoms with Crippen molar-refractivity contribution in [3.63, 3.8) is 0 Å². The molecular weight excluding hydrogens is 168 g/mol. The monoisotopic (exact) mass is 182 g/mol. The van der Waals surface area contributed by atoms with Gasteiger partial charge in [0.05, 0.1) is 12.9 Å². The van der Waals surface area contributed by atoms with Gasteiger partial charge in [-0.2, -0.15) is 0 Å². The largest absolute Gasteiger partial charge is 0.501 e. The number of rotatable bonds is 3. The maximum atomic E-state index is 10.5. The molecule has 0 aliphatic heterocycles. The topological polar surface area (TPSA) is 35.5 Å². The van der Waals surface area contributed by atoms with Crippen molar-refractivity contribution in [3.8, 4) is 0 Å². The molecule has 3 heteroatoms. The van der Waals surface area contributed by atoms with Crippen LogP contribution in [0.1, 0.15) is 19.8 Å². The van der Waals surface area contributed by atoms with Crippen molar-refractivity contribution in [3.05, 3.63) is 23.5 Å². The third-order valence-corrected chi connectivity index (χ3v) is 1.92. The molecule has 0 atom stereocenters. The van der Waals surface area contributed by atoms with Crippen LogP contribution in [0.25, 0.3) is 0 Å². The SMILES string of the molecule is COC1=CC=C(COC(C)=O)CC1. The van der Waals surface area contributed by atoms with Gasteiger partial charge in [-0.05, 0) is 18.1 Å². The highest BCUT2D eigenvalue weighted by Crippen LogP contribution is 2.18. The van der Waals surface area contributed by atoms with E-state index in [1.54, 1.807) is 7.11 Å². The second-order valence-electron chi connectivity index (χ2n) is 2.94. The van der Waals surface area contributed by atoms with E-state index in [9.17, 15) is 4.79 Å². The summed E-state index contributed by atoms with van der Waals surface area (Å²) >= 11 is 0. The van der Waals surface area contributed by atoms with Crippen LogP contribution in [0.3, 0.4) is 0 Å². The van der Waals surface area contributed by atoms with E-state index in [1.807, 2.05) is 12.2 Å². The number of carbonyl (C=O) groups excluding carboxylic acids is 1. The van der Waals surface area contributed by atoms with E-state index < -0.39 is 0 Å². The summed E-state index contributed by atoms with van der Waals surface area (Å²) in [5.74, 6) is 0.744. The van der Waals surface area contributed by atoms with Gasteiger partial charge in [0.2, 0.25) is 0 Å². The predicted octanol–water partition coefficient (Wildman–Crippen LogP) is 1.80. The summed E-state index contributed by atoms with van der Waals surface area (Å²) in [7, 11) is 1.66. The van der Waals surface area contributed by atoms with Crippen LogP contribution in [-0.2, 0) is 14.3 Å². The molecule has 0 N–H and O–H groups in total. The molecule has 0 fully saturated rings. The average Bonchev–Trinajstić information content (AvgIpc) is 2.15. The first-order chi connectivity index (χ1) is 6.22. The van der Waals surface area contributed by atoms with Crippen molar-refractivity contribution in [2.75, 3.05) is 13.7 Å². The fourth-order valence-electron chi connectivity index (χ4n) is 1.15. The molecule has 0 spiro atoms. The maximum absolute atomic E-state index is 10.5. The molecule has 0 radical (unpaired) electrons. The van der Waals surface area contributed by atoms with Crippen molar-refractivity contribution in [2.24, 2.45) is 0 Å². The van der Waals surface area contributed by atoms with Crippen LogP contribution in [0, 0.1) is 0 Å². The Bertz CT molecular complexity index is 251. The Labute approximate surface area is 78.0 Å². The summed E-state index contributed by atoms with van der Waals surface area (Å²) in [6.07, 6.45) is 5.67. The molecule has 1 rings (SSSR count). The molecule has 1 aliphatic carbocycles. The van der Waals surface area contributed by atoms with Crippen molar-refractivity contribution in [1.82, 2.24) is 0 Å². The van der Waals surface area contributed by atoms with E-state index >= 15 is 0 Å². The zero-order valence-electron chi connectivity index (χ0n) is 8.00. The van der Waals surface area contributed by atoms with Crippen LogP contribution in [0.4, 0.5) is 0 Å². The molecule has 0 aromatic heterocycles. The summed E-state index contributed by atoms with van der Waals surface area (Å²) < 4.78 is 9.95. The fourth-order valence-corrected chi connectivity index (χ4v) is 1.15. The average molecular weight is 182 g/mol. The minimum Gasteiger partial charge on any atom is -0.501 e. The first-order valence-electron chi connectivity index (χ1n) is 4.28. The summed E-state index contributed by atoms with van der Waals surface area (Å²) in [4.78, 5) is 10.5. The normalized spacial score (nSPS) is 15.8. The Kier molecular flexibility index (Phi) is 3.55. The summed E-state index contributed by atoms with van der Waals surface area (Å²) in [5.41, 5.74) is 1.14. The lowest BCUT2D eigenvalue weighted by Gasteiger charge is -2.13. The van der Waals surface area contributed by atoms with Crippen molar-refractivity contribution in [1.29, 1.82) is 0 Å². The Balaban J connectivity index is 2.41. The highest BCUT2D eigenvalue weighted by molar-refractivity contribution is 5.66. The third-order valence-electron chi connectivity index (χ3n) is 1.92. The van der Waals surface area contributed by atoms with Gasteiger partial charge in [0.25, 0.3) is 0 Å². The Hall–Kier alpha value is -1.25. The van der Waals surface area contributed by atoms with E-state index in [1.165, 1.54) is 6.92 Å². The Morgan fingerprint density at radius 2 is 2.23 bits per heavy atom. The minimum atomic E-state index is -0.234. The van der Waals surface area contributed by atoms with Crippen molar-refractivity contribution >= 4 is 5.97 Å². The molecule has 0 unspecified atom stereocenters. The van der Waals surface area contributed by atoms with Gasteiger partial charge in [0.1, 0.15) is 6.61 Å². The zero-order valence-corrected chi connectivity index (χ0v) is 8.00. The number of ether oxygens (including phenoxy) is 2. The lowest BCUT2D eigenvalue weighted by Crippen LogP contribution is -2.05. The van der Waals surface area contributed by atoms with Crippen molar-refractivity contribution in [2.45, 2.75) is 19.8 Å². The first kappa shape index (κ1) is 9.84. The standard InChI is InChI=1S/C10H14O3/c1-8(11)13-7-9-3-5-10(12-2)6-4-9/h3,5H,4,6-7H2,1-2H3. The number of esters is 1. The van der Waals surface area contributed by atoms with Gasteiger partial charge >= 0.3 is 5.97 Å². The summed E-state index contributed by atoms with van der Waals surface area (Å²) in [6.45, 7) is 1.82. The van der Waals surface area contributed by atoms with Crippen LogP contribution >= 0.6 is 0 Å². The van der Waals surface area contributed by atoms with Crippen LogP contribution in [0.2, 0.25) is 0 Å². The molecule has 13 heavy (non-hydrogen) atoms. The van der Waals surface area contributed by atoms with E-state index in [0.29, 0.717) is 6.61 Å². The quantitative estimate of drug-likeness (QED) is 0.624. The molecule has 0 bridgehead atoms. The van der Waals surface area contributed by atoms with Crippen LogP contribution in [0.5, 0.6) is 0 Å². The van der Waals surface area contributed by atoms with Gasteiger partial charge < -0.3 is 9.47 Å². The molecule has 0 aromatic carbocycles. The minimum absolute atomic E-state index is 0.234. The van der Waals surface area contributed by atoms with Crippen LogP contribution in [0.15, 0.2) is 23.5 Å². The van der Waals surface area contributed by atoms with E-state index in [0.717, 1.165) is 24.2 Å². The molecule has 0 heterocycles. The van der Waals surface area contributed by atoms with Crippen LogP contribution < -0.4 is 0 Å². The lowest BCUT2D eigenvalue weighted by atomic mass is 10.0. The third kappa shape index (κ3) is 3.32. The number of carbonyl (C=O) groups is 1. The van der Waals surface area contributed by atoms with Crippen molar-refractivity contribution < 1.29 is 14.3 Å². The number of hydrogen-bond acceptors (Lipinski definition) is 3. The van der Waals surface area contributed by atoms with Gasteiger partial charge in [-0.1, -0.05) is 6.08 Å². The smallest absolute Gasteiger partial charge is 0.302 e. The first-order valence-corrected chi connectivity index (χ1v) is 4.28. The molecule has 3 nitrogen and oxygen atoms in total. The number of hydrogen-bond donors (Lipinski definition) is 0. The van der Waals surface area contributed by atoms with Gasteiger partial charge in [-0.25, -0.2) is 0 Å². The highest BCUT2D eigenvalue weighted by atomic mass is 16.5. The number of methoxy groups -OCH3 is 1. The second-order valence-corrected chi connectivity index (χ2v) is 2.94. The fraction of sp³-hybridized carbons (Fsp3) is 0.500. The Morgan fingerprint density at radius 1 is 1.46 bits per heavy atom. The van der Waals surface area contributed by atoms with Gasteiger partial charge in [0, 0.05) is 13.3 Å². The van der Waals surface area contributed by atoms with E-state index in [4.69, 9.17) is 9.47 Å². The summed E-state index contributed by atoms with van der Waals surface area (Å²) in [5, 5.41) is 0. The predicted molar refractivity (Wildman–Crippen MR) is 49.0 cm³/mol. The highest BCUT2D eigenvalue weighted by Gasteiger charge is 2.07. The number of allylic oxidation sites excluding steroid dienone is 3. The summed E-state index contributed by atoms with van der Waals surface area (Å²) in [6, 6.07) is 0. The van der Waals surface area contributed by atoms with Gasteiger partial charge in [-0.3, -0.25) is 4.79 Å². The zero-order chi connectivity index (χ0) is 9.68. The molecule has 0 aromatic rings. The maximum Gasteiger partial charge on any atom is 0.302 e. The molecule has 1 aliphatic rings. The Morgan fingerprint density at radius 3 is 2.69 bits per heavy atom.